The molecule has 0 saturated carbocycles. The van der Waals surface area contributed by atoms with Gasteiger partial charge in [-0.2, -0.15) is 4.31 Å². The molecule has 2 aromatic rings. The second-order valence-electron chi connectivity index (χ2n) is 8.46. The van der Waals surface area contributed by atoms with Gasteiger partial charge in [0.05, 0.1) is 11.4 Å². The Hall–Kier alpha value is -2.22. The van der Waals surface area contributed by atoms with E-state index in [1.807, 2.05) is 23.1 Å². The van der Waals surface area contributed by atoms with E-state index in [9.17, 15) is 13.2 Å². The maximum Gasteiger partial charge on any atom is 0.243 e. The number of benzene rings is 2. The van der Waals surface area contributed by atoms with Crippen LogP contribution in [-0.4, -0.2) is 56.3 Å². The summed E-state index contributed by atoms with van der Waals surface area (Å²) >= 11 is 0. The van der Waals surface area contributed by atoms with Crippen molar-refractivity contribution in [1.29, 1.82) is 0 Å². The Labute approximate surface area is 185 Å². The van der Waals surface area contributed by atoms with Gasteiger partial charge in [0, 0.05) is 31.9 Å². The van der Waals surface area contributed by atoms with Crippen molar-refractivity contribution >= 4 is 21.6 Å². The molecule has 1 aliphatic carbocycles. The number of sulfonamides is 1. The Balaban J connectivity index is 1.29. The van der Waals surface area contributed by atoms with Gasteiger partial charge in [0.15, 0.2) is 0 Å². The van der Waals surface area contributed by atoms with Crippen LogP contribution in [0.15, 0.2) is 47.4 Å². The Bertz CT molecular complexity index is 1030. The SMILES string of the molecule is CCCc1ccc(S(=O)(=O)N2CCN(CC(=O)Nc3ccc4c(c3)CCC4)CC2)cc1. The summed E-state index contributed by atoms with van der Waals surface area (Å²) in [6, 6.07) is 13.4. The minimum atomic E-state index is -3.49. The molecule has 0 unspecified atom stereocenters. The number of amides is 1. The second kappa shape index (κ2) is 9.51. The van der Waals surface area contributed by atoms with E-state index in [4.69, 9.17) is 0 Å². The highest BCUT2D eigenvalue weighted by molar-refractivity contribution is 7.89. The molecule has 0 spiro atoms. The molecular formula is C24H31N3O3S. The Morgan fingerprint density at radius 2 is 1.68 bits per heavy atom. The standard InChI is InChI=1S/C24H31N3O3S/c1-2-4-19-7-11-23(12-8-19)31(29,30)27-15-13-26(14-16-27)18-24(28)25-22-10-9-20-5-3-6-21(20)17-22/h7-12,17H,2-6,13-16,18H2,1H3,(H,25,28). The Morgan fingerprint density at radius 1 is 0.968 bits per heavy atom. The zero-order chi connectivity index (χ0) is 21.8. The van der Waals surface area contributed by atoms with Gasteiger partial charge in [-0.3, -0.25) is 9.69 Å². The number of hydrogen-bond donors (Lipinski definition) is 1. The Morgan fingerprint density at radius 3 is 2.39 bits per heavy atom. The third kappa shape index (κ3) is 5.17. The normalized spacial score (nSPS) is 17.5. The zero-order valence-electron chi connectivity index (χ0n) is 18.1. The second-order valence-corrected chi connectivity index (χ2v) is 10.4. The van der Waals surface area contributed by atoms with Crippen molar-refractivity contribution in [1.82, 2.24) is 9.21 Å². The van der Waals surface area contributed by atoms with Gasteiger partial charge in [0.2, 0.25) is 15.9 Å². The minimum Gasteiger partial charge on any atom is -0.325 e. The van der Waals surface area contributed by atoms with Crippen LogP contribution in [0.25, 0.3) is 0 Å². The van der Waals surface area contributed by atoms with E-state index in [0.29, 0.717) is 31.1 Å². The van der Waals surface area contributed by atoms with Crippen LogP contribution < -0.4 is 5.32 Å². The fourth-order valence-corrected chi connectivity index (χ4v) is 5.87. The zero-order valence-corrected chi connectivity index (χ0v) is 19.0. The predicted molar refractivity (Wildman–Crippen MR) is 123 cm³/mol. The van der Waals surface area contributed by atoms with E-state index in [1.165, 1.54) is 21.9 Å². The minimum absolute atomic E-state index is 0.0548. The molecule has 1 heterocycles. The van der Waals surface area contributed by atoms with Gasteiger partial charge in [-0.05, 0) is 66.6 Å². The van der Waals surface area contributed by atoms with E-state index < -0.39 is 10.0 Å². The molecule has 2 aromatic carbocycles. The van der Waals surface area contributed by atoms with Crippen molar-refractivity contribution in [3.8, 4) is 0 Å². The average molecular weight is 442 g/mol. The van der Waals surface area contributed by atoms with Gasteiger partial charge in [-0.1, -0.05) is 31.5 Å². The summed E-state index contributed by atoms with van der Waals surface area (Å²) in [5.41, 5.74) is 4.72. The number of fused-ring (bicyclic) bond motifs is 1. The first kappa shape index (κ1) is 22.0. The number of aryl methyl sites for hydroxylation is 3. The lowest BCUT2D eigenvalue weighted by Gasteiger charge is -2.33. The fraction of sp³-hybridized carbons (Fsp3) is 0.458. The molecule has 1 fully saturated rings. The van der Waals surface area contributed by atoms with Gasteiger partial charge in [-0.15, -0.1) is 0 Å². The van der Waals surface area contributed by atoms with Crippen molar-refractivity contribution < 1.29 is 13.2 Å². The third-order valence-corrected chi connectivity index (χ3v) is 8.09. The van der Waals surface area contributed by atoms with Crippen LogP contribution in [-0.2, 0) is 34.1 Å². The summed E-state index contributed by atoms with van der Waals surface area (Å²) in [5.74, 6) is -0.0548. The lowest BCUT2D eigenvalue weighted by molar-refractivity contribution is -0.117. The maximum atomic E-state index is 12.9. The van der Waals surface area contributed by atoms with E-state index in [2.05, 4.69) is 24.4 Å². The van der Waals surface area contributed by atoms with Crippen molar-refractivity contribution in [3.05, 3.63) is 59.2 Å². The van der Waals surface area contributed by atoms with Gasteiger partial charge in [-0.25, -0.2) is 8.42 Å². The van der Waals surface area contributed by atoms with Crippen LogP contribution in [0.2, 0.25) is 0 Å². The lowest BCUT2D eigenvalue weighted by Crippen LogP contribution is -2.50. The highest BCUT2D eigenvalue weighted by atomic mass is 32.2. The van der Waals surface area contributed by atoms with Gasteiger partial charge < -0.3 is 5.32 Å². The average Bonchev–Trinajstić information content (AvgIpc) is 3.22. The highest BCUT2D eigenvalue weighted by Gasteiger charge is 2.29. The van der Waals surface area contributed by atoms with Gasteiger partial charge in [0.25, 0.3) is 0 Å². The quantitative estimate of drug-likeness (QED) is 0.717. The van der Waals surface area contributed by atoms with Crippen LogP contribution in [0.3, 0.4) is 0 Å². The summed E-state index contributed by atoms with van der Waals surface area (Å²) in [6.07, 6.45) is 5.37. The summed E-state index contributed by atoms with van der Waals surface area (Å²) in [5, 5.41) is 2.99. The summed E-state index contributed by atoms with van der Waals surface area (Å²) < 4.78 is 27.4. The number of rotatable bonds is 7. The molecule has 0 bridgehead atoms. The molecular weight excluding hydrogens is 410 g/mol. The first-order chi connectivity index (χ1) is 15.0. The molecule has 7 heteroatoms. The lowest BCUT2D eigenvalue weighted by atomic mass is 10.1. The monoisotopic (exact) mass is 441 g/mol. The summed E-state index contributed by atoms with van der Waals surface area (Å²) in [7, 11) is -3.49. The predicted octanol–water partition coefficient (Wildman–Crippen LogP) is 3.07. The topological polar surface area (TPSA) is 69.7 Å². The summed E-state index contributed by atoms with van der Waals surface area (Å²) in [6.45, 7) is 4.26. The number of anilines is 1. The molecule has 166 valence electrons. The fourth-order valence-electron chi connectivity index (χ4n) is 4.45. The van der Waals surface area contributed by atoms with Crippen molar-refractivity contribution in [3.63, 3.8) is 0 Å². The number of nitrogens with zero attached hydrogens (tertiary/aromatic N) is 2. The first-order valence-corrected chi connectivity index (χ1v) is 12.6. The molecule has 0 atom stereocenters. The number of nitrogens with one attached hydrogen (secondary N) is 1. The van der Waals surface area contributed by atoms with Gasteiger partial charge in [0.1, 0.15) is 0 Å². The third-order valence-electron chi connectivity index (χ3n) is 6.18. The highest BCUT2D eigenvalue weighted by Crippen LogP contribution is 2.25. The number of piperazine rings is 1. The molecule has 1 saturated heterocycles. The Kier molecular flexibility index (Phi) is 6.74. The molecule has 1 N–H and O–H groups in total. The van der Waals surface area contributed by atoms with Crippen LogP contribution >= 0.6 is 0 Å². The van der Waals surface area contributed by atoms with Crippen LogP contribution in [0.4, 0.5) is 5.69 Å². The first-order valence-electron chi connectivity index (χ1n) is 11.2. The molecule has 4 rings (SSSR count). The van der Waals surface area contributed by atoms with Gasteiger partial charge >= 0.3 is 0 Å². The molecule has 1 aliphatic heterocycles. The maximum absolute atomic E-state index is 12.9. The number of hydrogen-bond acceptors (Lipinski definition) is 4. The smallest absolute Gasteiger partial charge is 0.243 e. The van der Waals surface area contributed by atoms with E-state index in [0.717, 1.165) is 36.9 Å². The number of carbonyl (C=O) groups excluding carboxylic acids is 1. The van der Waals surface area contributed by atoms with Crippen molar-refractivity contribution in [2.24, 2.45) is 0 Å². The van der Waals surface area contributed by atoms with Crippen molar-refractivity contribution in [2.75, 3.05) is 38.0 Å². The van der Waals surface area contributed by atoms with E-state index in [-0.39, 0.29) is 12.5 Å². The van der Waals surface area contributed by atoms with E-state index in [1.54, 1.807) is 12.1 Å². The van der Waals surface area contributed by atoms with Crippen LogP contribution in [0.1, 0.15) is 36.5 Å². The van der Waals surface area contributed by atoms with E-state index >= 15 is 0 Å². The molecule has 0 aromatic heterocycles. The molecule has 0 radical (unpaired) electrons. The summed E-state index contributed by atoms with van der Waals surface area (Å²) in [4.78, 5) is 14.8. The van der Waals surface area contributed by atoms with Crippen LogP contribution in [0.5, 0.6) is 0 Å². The molecule has 1 amide bonds. The molecule has 31 heavy (non-hydrogen) atoms. The largest absolute Gasteiger partial charge is 0.325 e. The molecule has 6 nitrogen and oxygen atoms in total. The molecule has 2 aliphatic rings. The van der Waals surface area contributed by atoms with Crippen LogP contribution in [0, 0.1) is 0 Å². The number of carbonyl (C=O) groups is 1. The van der Waals surface area contributed by atoms with Crippen molar-refractivity contribution in [2.45, 2.75) is 43.9 Å².